The van der Waals surface area contributed by atoms with Crippen molar-refractivity contribution in [2.75, 3.05) is 5.32 Å². The number of halogens is 2. The van der Waals surface area contributed by atoms with Gasteiger partial charge in [0.25, 0.3) is 0 Å². The zero-order valence-corrected chi connectivity index (χ0v) is 14.8. The molecule has 0 unspecified atom stereocenters. The third-order valence-electron chi connectivity index (χ3n) is 3.13. The van der Waals surface area contributed by atoms with Gasteiger partial charge in [-0.25, -0.2) is 9.18 Å². The predicted octanol–water partition coefficient (Wildman–Crippen LogP) is 5.30. The smallest absolute Gasteiger partial charge is 0.412 e. The molecule has 2 N–H and O–H groups in total. The van der Waals surface area contributed by atoms with E-state index in [0.29, 0.717) is 21.8 Å². The monoisotopic (exact) mass is 364 g/mol. The van der Waals surface area contributed by atoms with Crippen LogP contribution in [0.25, 0.3) is 11.1 Å². The van der Waals surface area contributed by atoms with Crippen molar-refractivity contribution in [2.45, 2.75) is 26.4 Å². The number of carbonyl (C=O) groups is 1. The third kappa shape index (κ3) is 5.19. The van der Waals surface area contributed by atoms with Gasteiger partial charge in [-0.1, -0.05) is 22.8 Å². The Hall–Kier alpha value is -2.60. The molecule has 0 aliphatic carbocycles. The van der Waals surface area contributed by atoms with Crippen molar-refractivity contribution in [1.29, 1.82) is 0 Å². The van der Waals surface area contributed by atoms with Crippen LogP contribution < -0.4 is 5.32 Å². The van der Waals surface area contributed by atoms with Crippen LogP contribution in [0.1, 0.15) is 26.3 Å². The van der Waals surface area contributed by atoms with Crippen LogP contribution in [0.15, 0.2) is 41.6 Å². The van der Waals surface area contributed by atoms with E-state index in [1.807, 2.05) is 0 Å². The lowest BCUT2D eigenvalue weighted by Crippen LogP contribution is -2.27. The summed E-state index contributed by atoms with van der Waals surface area (Å²) in [4.78, 5) is 12.0. The van der Waals surface area contributed by atoms with Crippen LogP contribution >= 0.6 is 11.6 Å². The molecule has 0 heterocycles. The molecule has 5 nitrogen and oxygen atoms in total. The fourth-order valence-corrected chi connectivity index (χ4v) is 2.31. The summed E-state index contributed by atoms with van der Waals surface area (Å²) in [7, 11) is 0. The average Bonchev–Trinajstić information content (AvgIpc) is 2.49. The number of hydrogen-bond donors (Lipinski definition) is 2. The third-order valence-corrected chi connectivity index (χ3v) is 3.36. The summed E-state index contributed by atoms with van der Waals surface area (Å²) in [6, 6.07) is 9.20. The van der Waals surface area contributed by atoms with E-state index in [1.165, 1.54) is 12.1 Å². The van der Waals surface area contributed by atoms with Crippen LogP contribution in [0.5, 0.6) is 0 Å². The van der Waals surface area contributed by atoms with Crippen molar-refractivity contribution in [2.24, 2.45) is 5.16 Å². The molecule has 2 aromatic carbocycles. The second-order valence-corrected chi connectivity index (χ2v) is 6.73. The predicted molar refractivity (Wildman–Crippen MR) is 96.1 cm³/mol. The summed E-state index contributed by atoms with van der Waals surface area (Å²) in [5.74, 6) is -0.571. The van der Waals surface area contributed by atoms with Gasteiger partial charge in [-0.2, -0.15) is 0 Å². The van der Waals surface area contributed by atoms with Crippen LogP contribution in [0.3, 0.4) is 0 Å². The number of nitrogens with zero attached hydrogens (tertiary/aromatic N) is 1. The van der Waals surface area contributed by atoms with Crippen molar-refractivity contribution in [3.05, 3.63) is 52.8 Å². The topological polar surface area (TPSA) is 70.9 Å². The normalized spacial score (nSPS) is 11.6. The molecule has 0 bridgehead atoms. The van der Waals surface area contributed by atoms with Gasteiger partial charge >= 0.3 is 6.09 Å². The highest BCUT2D eigenvalue weighted by Crippen LogP contribution is 2.32. The molecule has 0 saturated carbocycles. The molecule has 0 aromatic heterocycles. The maximum atomic E-state index is 14.1. The molecule has 25 heavy (non-hydrogen) atoms. The number of nitrogens with one attached hydrogen (secondary N) is 1. The Morgan fingerprint density at radius 1 is 1.28 bits per heavy atom. The number of hydrogen-bond acceptors (Lipinski definition) is 4. The number of oxime groups is 1. The largest absolute Gasteiger partial charge is 0.444 e. The molecule has 7 heteroatoms. The Labute approximate surface area is 150 Å². The van der Waals surface area contributed by atoms with E-state index < -0.39 is 17.5 Å². The summed E-state index contributed by atoms with van der Waals surface area (Å²) in [6.45, 7) is 5.27. The van der Waals surface area contributed by atoms with Gasteiger partial charge in [0.1, 0.15) is 11.4 Å². The van der Waals surface area contributed by atoms with Crippen LogP contribution in [0, 0.1) is 5.82 Å². The van der Waals surface area contributed by atoms with Crippen molar-refractivity contribution < 1.29 is 19.1 Å². The average molecular weight is 365 g/mol. The van der Waals surface area contributed by atoms with Crippen molar-refractivity contribution >= 4 is 29.6 Å². The van der Waals surface area contributed by atoms with Gasteiger partial charge < -0.3 is 9.94 Å². The van der Waals surface area contributed by atoms with E-state index in [-0.39, 0.29) is 5.56 Å². The van der Waals surface area contributed by atoms with Gasteiger partial charge in [-0.05, 0) is 56.7 Å². The minimum atomic E-state index is -0.645. The molecule has 0 aliphatic heterocycles. The maximum absolute atomic E-state index is 14.1. The van der Waals surface area contributed by atoms with Gasteiger partial charge in [0.15, 0.2) is 0 Å². The zero-order chi connectivity index (χ0) is 18.6. The lowest BCUT2D eigenvalue weighted by Gasteiger charge is -2.20. The zero-order valence-electron chi connectivity index (χ0n) is 14.0. The number of benzene rings is 2. The molecule has 0 spiro atoms. The first-order chi connectivity index (χ1) is 11.7. The Morgan fingerprint density at radius 3 is 2.60 bits per heavy atom. The second-order valence-electron chi connectivity index (χ2n) is 6.30. The Kier molecular flexibility index (Phi) is 5.64. The molecule has 0 fully saturated rings. The molecular formula is C18H18ClFN2O3. The molecule has 0 radical (unpaired) electrons. The lowest BCUT2D eigenvalue weighted by molar-refractivity contribution is 0.0636. The standard InChI is InChI=1S/C18H18ClFN2O3/c1-18(2,3)25-17(23)22-16-7-6-13(19)9-14(16)11-4-5-12(10-21-24)15(20)8-11/h4-10,24H,1-3H3,(H,22,23). The fraction of sp³-hybridized carbons (Fsp3) is 0.222. The van der Waals surface area contributed by atoms with Crippen molar-refractivity contribution in [3.8, 4) is 11.1 Å². The van der Waals surface area contributed by atoms with E-state index in [1.54, 1.807) is 45.0 Å². The first-order valence-electron chi connectivity index (χ1n) is 7.46. The molecule has 0 aliphatic rings. The number of anilines is 1. The molecule has 1 amide bonds. The summed E-state index contributed by atoms with van der Waals surface area (Å²) in [5, 5.41) is 14.4. The van der Waals surface area contributed by atoms with E-state index in [0.717, 1.165) is 6.21 Å². The Balaban J connectivity index is 2.39. The lowest BCUT2D eigenvalue weighted by atomic mass is 10.0. The SMILES string of the molecule is CC(C)(C)OC(=O)Nc1ccc(Cl)cc1-c1ccc(C=NO)c(F)c1. The highest BCUT2D eigenvalue weighted by atomic mass is 35.5. The molecule has 0 atom stereocenters. The van der Waals surface area contributed by atoms with Gasteiger partial charge in [0, 0.05) is 16.1 Å². The minimum absolute atomic E-state index is 0.134. The summed E-state index contributed by atoms with van der Waals surface area (Å²) in [6.07, 6.45) is 0.373. The van der Waals surface area contributed by atoms with Crippen LogP contribution in [-0.4, -0.2) is 23.1 Å². The molecule has 132 valence electrons. The van der Waals surface area contributed by atoms with Crippen molar-refractivity contribution in [1.82, 2.24) is 0 Å². The first-order valence-corrected chi connectivity index (χ1v) is 7.84. The van der Waals surface area contributed by atoms with E-state index >= 15 is 0 Å². The maximum Gasteiger partial charge on any atom is 0.412 e. The highest BCUT2D eigenvalue weighted by Gasteiger charge is 2.18. The quantitative estimate of drug-likeness (QED) is 0.441. The van der Waals surface area contributed by atoms with E-state index in [4.69, 9.17) is 21.5 Å². The van der Waals surface area contributed by atoms with E-state index in [2.05, 4.69) is 10.5 Å². The molecule has 2 aromatic rings. The van der Waals surface area contributed by atoms with Gasteiger partial charge in [0.2, 0.25) is 0 Å². The number of carbonyl (C=O) groups excluding carboxylic acids is 1. The summed E-state index contributed by atoms with van der Waals surface area (Å²) in [5.41, 5.74) is 0.955. The van der Waals surface area contributed by atoms with Crippen LogP contribution in [-0.2, 0) is 4.74 Å². The van der Waals surface area contributed by atoms with Crippen molar-refractivity contribution in [3.63, 3.8) is 0 Å². The van der Waals surface area contributed by atoms with Gasteiger partial charge in [-0.15, -0.1) is 0 Å². The molecule has 2 rings (SSSR count). The number of ether oxygens (including phenoxy) is 1. The van der Waals surface area contributed by atoms with Gasteiger partial charge in [0.05, 0.1) is 11.9 Å². The number of rotatable bonds is 3. The van der Waals surface area contributed by atoms with E-state index in [9.17, 15) is 9.18 Å². The first kappa shape index (κ1) is 18.7. The van der Waals surface area contributed by atoms with Gasteiger partial charge in [-0.3, -0.25) is 5.32 Å². The summed E-state index contributed by atoms with van der Waals surface area (Å²) >= 11 is 6.04. The Bertz CT molecular complexity index is 816. The molecular weight excluding hydrogens is 347 g/mol. The highest BCUT2D eigenvalue weighted by molar-refractivity contribution is 6.31. The van der Waals surface area contributed by atoms with Crippen LogP contribution in [0.2, 0.25) is 5.02 Å². The van der Waals surface area contributed by atoms with Crippen LogP contribution in [0.4, 0.5) is 14.9 Å². The second kappa shape index (κ2) is 7.53. The molecule has 0 saturated heterocycles. The fourth-order valence-electron chi connectivity index (χ4n) is 2.14. The Morgan fingerprint density at radius 2 is 2.00 bits per heavy atom. The minimum Gasteiger partial charge on any atom is -0.444 e. The summed E-state index contributed by atoms with van der Waals surface area (Å²) < 4.78 is 19.3. The number of amides is 1.